The van der Waals surface area contributed by atoms with Gasteiger partial charge in [0.2, 0.25) is 0 Å². The van der Waals surface area contributed by atoms with Gasteiger partial charge in [0, 0.05) is 46.4 Å². The molecule has 0 spiro atoms. The lowest BCUT2D eigenvalue weighted by molar-refractivity contribution is 0.0170. The van der Waals surface area contributed by atoms with Crippen LogP contribution in [0.25, 0.3) is 0 Å². The summed E-state index contributed by atoms with van der Waals surface area (Å²) >= 11 is 0. The zero-order valence-electron chi connectivity index (χ0n) is 20.2. The largest absolute Gasteiger partial charge is 0.497 e. The minimum Gasteiger partial charge on any atom is -0.497 e. The number of hydrogen-bond donors (Lipinski definition) is 2. The molecule has 7 nitrogen and oxygen atoms in total. The molecule has 1 aliphatic carbocycles. The van der Waals surface area contributed by atoms with Crippen molar-refractivity contribution in [2.24, 2.45) is 10.4 Å². The van der Waals surface area contributed by atoms with Crippen LogP contribution in [-0.4, -0.2) is 77.6 Å². The average Bonchev–Trinajstić information content (AvgIpc) is 3.31. The van der Waals surface area contributed by atoms with Gasteiger partial charge in [-0.2, -0.15) is 0 Å². The van der Waals surface area contributed by atoms with Crippen LogP contribution in [-0.2, 0) is 9.47 Å². The van der Waals surface area contributed by atoms with E-state index in [9.17, 15) is 0 Å². The predicted octanol–water partition coefficient (Wildman–Crippen LogP) is 3.22. The fourth-order valence-electron chi connectivity index (χ4n) is 4.89. The van der Waals surface area contributed by atoms with Crippen LogP contribution in [0.1, 0.15) is 50.6 Å². The molecule has 2 N–H and O–H groups in total. The zero-order chi connectivity index (χ0) is 22.7. The topological polar surface area (TPSA) is 67.4 Å². The van der Waals surface area contributed by atoms with E-state index in [0.29, 0.717) is 0 Å². The van der Waals surface area contributed by atoms with Crippen LogP contribution >= 0.6 is 0 Å². The van der Waals surface area contributed by atoms with Crippen molar-refractivity contribution in [3.8, 4) is 5.75 Å². The molecule has 3 rings (SSSR count). The third-order valence-corrected chi connectivity index (χ3v) is 6.87. The first-order chi connectivity index (χ1) is 15.7. The Labute approximate surface area is 193 Å². The van der Waals surface area contributed by atoms with Crippen molar-refractivity contribution in [3.05, 3.63) is 29.8 Å². The van der Waals surface area contributed by atoms with Crippen LogP contribution in [0.5, 0.6) is 5.75 Å². The molecule has 0 radical (unpaired) electrons. The third-order valence-electron chi connectivity index (χ3n) is 6.87. The molecular formula is C25H42N4O3. The Balaban J connectivity index is 1.69. The number of nitrogens with one attached hydrogen (secondary N) is 2. The number of aliphatic imine (C=N–C) groups is 1. The Morgan fingerprint density at radius 2 is 1.84 bits per heavy atom. The predicted molar refractivity (Wildman–Crippen MR) is 130 cm³/mol. The Morgan fingerprint density at radius 1 is 1.12 bits per heavy atom. The highest BCUT2D eigenvalue weighted by Crippen LogP contribution is 2.41. The molecule has 0 bridgehead atoms. The molecule has 7 heteroatoms. The van der Waals surface area contributed by atoms with Gasteiger partial charge in [0.15, 0.2) is 5.96 Å². The van der Waals surface area contributed by atoms with Gasteiger partial charge in [0.05, 0.1) is 26.4 Å². The quantitative estimate of drug-likeness (QED) is 0.402. The van der Waals surface area contributed by atoms with Crippen LogP contribution in [0.4, 0.5) is 0 Å². The number of rotatable bonds is 11. The average molecular weight is 447 g/mol. The number of hydrogen-bond acceptors (Lipinski definition) is 5. The van der Waals surface area contributed by atoms with Crippen molar-refractivity contribution in [2.75, 3.05) is 66.8 Å². The van der Waals surface area contributed by atoms with Crippen LogP contribution in [0.15, 0.2) is 29.3 Å². The van der Waals surface area contributed by atoms with Crippen LogP contribution < -0.4 is 15.4 Å². The van der Waals surface area contributed by atoms with Gasteiger partial charge in [-0.25, -0.2) is 0 Å². The van der Waals surface area contributed by atoms with Crippen molar-refractivity contribution in [2.45, 2.75) is 45.1 Å². The standard InChI is InChI=1S/C25H42N4O3/c1-4-26-24(28-20-25(13-16-30-2)11-5-6-12-25)27-19-23(29-14-17-32-18-15-29)21-7-9-22(31-3)10-8-21/h7-10,23H,4-6,11-20H2,1-3H3,(H2,26,27,28). The normalized spacial score (nSPS) is 20.2. The smallest absolute Gasteiger partial charge is 0.191 e. The molecule has 1 aliphatic heterocycles. The molecule has 0 amide bonds. The molecule has 1 saturated heterocycles. The van der Waals surface area contributed by atoms with Gasteiger partial charge in [0.1, 0.15) is 5.75 Å². The van der Waals surface area contributed by atoms with Crippen LogP contribution in [0.3, 0.4) is 0 Å². The van der Waals surface area contributed by atoms with E-state index in [1.807, 2.05) is 12.1 Å². The molecule has 2 fully saturated rings. The van der Waals surface area contributed by atoms with Gasteiger partial charge >= 0.3 is 0 Å². The van der Waals surface area contributed by atoms with Crippen molar-refractivity contribution in [1.29, 1.82) is 0 Å². The van der Waals surface area contributed by atoms with Crippen molar-refractivity contribution < 1.29 is 14.2 Å². The summed E-state index contributed by atoms with van der Waals surface area (Å²) in [6.45, 7) is 8.87. The molecule has 32 heavy (non-hydrogen) atoms. The summed E-state index contributed by atoms with van der Waals surface area (Å²) < 4.78 is 16.3. The van der Waals surface area contributed by atoms with Gasteiger partial charge in [-0.05, 0) is 49.3 Å². The van der Waals surface area contributed by atoms with Crippen LogP contribution in [0.2, 0.25) is 0 Å². The lowest BCUT2D eigenvalue weighted by Gasteiger charge is -2.35. The number of nitrogens with zero attached hydrogens (tertiary/aromatic N) is 2. The van der Waals surface area contributed by atoms with Crippen molar-refractivity contribution in [1.82, 2.24) is 15.5 Å². The van der Waals surface area contributed by atoms with E-state index in [1.54, 1.807) is 14.2 Å². The SMILES string of the molecule is CCNC(=NCC1(CCOC)CCCC1)NCC(c1ccc(OC)cc1)N1CCOCC1. The van der Waals surface area contributed by atoms with Gasteiger partial charge < -0.3 is 24.8 Å². The van der Waals surface area contributed by atoms with Gasteiger partial charge in [0.25, 0.3) is 0 Å². The highest BCUT2D eigenvalue weighted by Gasteiger charge is 2.33. The van der Waals surface area contributed by atoms with Gasteiger partial charge in [-0.1, -0.05) is 25.0 Å². The number of guanidine groups is 1. The second-order valence-corrected chi connectivity index (χ2v) is 8.96. The van der Waals surface area contributed by atoms with Gasteiger partial charge in [-0.3, -0.25) is 9.89 Å². The van der Waals surface area contributed by atoms with Crippen molar-refractivity contribution >= 4 is 5.96 Å². The number of morpholine rings is 1. The zero-order valence-corrected chi connectivity index (χ0v) is 20.2. The Hall–Kier alpha value is -1.83. The van der Waals surface area contributed by atoms with E-state index in [4.69, 9.17) is 19.2 Å². The van der Waals surface area contributed by atoms with E-state index < -0.39 is 0 Å². The summed E-state index contributed by atoms with van der Waals surface area (Å²) in [5.41, 5.74) is 1.57. The minimum absolute atomic E-state index is 0.252. The molecular weight excluding hydrogens is 404 g/mol. The van der Waals surface area contributed by atoms with E-state index in [0.717, 1.165) is 70.7 Å². The Kier molecular flexibility index (Phi) is 10.1. The summed E-state index contributed by atoms with van der Waals surface area (Å²) in [6.07, 6.45) is 6.21. The molecule has 1 atom stereocenters. The van der Waals surface area contributed by atoms with Crippen LogP contribution in [0, 0.1) is 5.41 Å². The first-order valence-corrected chi connectivity index (χ1v) is 12.2. The van der Waals surface area contributed by atoms with E-state index >= 15 is 0 Å². The molecule has 1 heterocycles. The maximum Gasteiger partial charge on any atom is 0.191 e. The Morgan fingerprint density at radius 3 is 2.47 bits per heavy atom. The summed E-state index contributed by atoms with van der Waals surface area (Å²) in [5.74, 6) is 1.79. The second-order valence-electron chi connectivity index (χ2n) is 8.96. The summed E-state index contributed by atoms with van der Waals surface area (Å²) in [4.78, 5) is 7.53. The lowest BCUT2D eigenvalue weighted by Crippen LogP contribution is -2.46. The van der Waals surface area contributed by atoms with Gasteiger partial charge in [-0.15, -0.1) is 0 Å². The minimum atomic E-state index is 0.252. The Bertz CT molecular complexity index is 683. The molecule has 1 aromatic carbocycles. The summed E-state index contributed by atoms with van der Waals surface area (Å²) in [5, 5.41) is 7.09. The van der Waals surface area contributed by atoms with Crippen molar-refractivity contribution in [3.63, 3.8) is 0 Å². The first-order valence-electron chi connectivity index (χ1n) is 12.2. The van der Waals surface area contributed by atoms with E-state index in [1.165, 1.54) is 31.2 Å². The highest BCUT2D eigenvalue weighted by molar-refractivity contribution is 5.79. The fourth-order valence-corrected chi connectivity index (χ4v) is 4.89. The number of ether oxygens (including phenoxy) is 3. The van der Waals surface area contributed by atoms with E-state index in [-0.39, 0.29) is 11.5 Å². The monoisotopic (exact) mass is 446 g/mol. The number of methoxy groups -OCH3 is 2. The third kappa shape index (κ3) is 7.09. The second kappa shape index (κ2) is 13.0. The molecule has 1 unspecified atom stereocenters. The molecule has 1 saturated carbocycles. The number of benzene rings is 1. The summed E-state index contributed by atoms with van der Waals surface area (Å²) in [6, 6.07) is 8.68. The first kappa shape index (κ1) is 24.8. The maximum atomic E-state index is 5.60. The van der Waals surface area contributed by atoms with E-state index in [2.05, 4.69) is 34.6 Å². The molecule has 180 valence electrons. The maximum absolute atomic E-state index is 5.60. The lowest BCUT2D eigenvalue weighted by atomic mass is 9.83. The molecule has 0 aromatic heterocycles. The molecule has 1 aromatic rings. The molecule has 2 aliphatic rings. The summed E-state index contributed by atoms with van der Waals surface area (Å²) in [7, 11) is 3.50. The fraction of sp³-hybridized carbons (Fsp3) is 0.720. The highest BCUT2D eigenvalue weighted by atomic mass is 16.5.